The van der Waals surface area contributed by atoms with Crippen molar-refractivity contribution >= 4 is 8.03 Å². The molecule has 2 unspecified atom stereocenters. The van der Waals surface area contributed by atoms with Crippen LogP contribution in [0.3, 0.4) is 0 Å². The molecule has 0 radical (unpaired) electrons. The van der Waals surface area contributed by atoms with Crippen molar-refractivity contribution in [1.29, 1.82) is 0 Å². The normalized spacial score (nSPS) is 13.7. The Morgan fingerprint density at radius 1 is 0.857 bits per heavy atom. The van der Waals surface area contributed by atoms with E-state index in [2.05, 4.69) is 13.8 Å². The maximum Gasteiger partial charge on any atom is 0.275 e. The lowest BCUT2D eigenvalue weighted by Gasteiger charge is -2.15. The molecule has 2 rings (SSSR count). The van der Waals surface area contributed by atoms with Gasteiger partial charge in [0.05, 0.1) is 0 Å². The molecule has 0 bridgehead atoms. The summed E-state index contributed by atoms with van der Waals surface area (Å²) in [5.74, 6) is 1.31. The van der Waals surface area contributed by atoms with E-state index < -0.39 is 13.9 Å². The average molecular weight is 304 g/mol. The Morgan fingerprint density at radius 2 is 1.48 bits per heavy atom. The molecule has 0 aliphatic carbocycles. The molecule has 4 heteroatoms. The van der Waals surface area contributed by atoms with E-state index in [1.165, 1.54) is 5.56 Å². The van der Waals surface area contributed by atoms with Crippen molar-refractivity contribution in [2.24, 2.45) is 0 Å². The van der Waals surface area contributed by atoms with Crippen LogP contribution in [-0.2, 0) is 4.57 Å². The molecule has 2 atom stereocenters. The molecule has 2 aromatic rings. The number of hydrogen-bond donors (Lipinski definition) is 0. The quantitative estimate of drug-likeness (QED) is 0.697. The van der Waals surface area contributed by atoms with Gasteiger partial charge < -0.3 is 9.26 Å². The lowest BCUT2D eigenvalue weighted by atomic mass is 10.0. The Labute approximate surface area is 126 Å². The average Bonchev–Trinajstić information content (AvgIpc) is 2.48. The van der Waals surface area contributed by atoms with Crippen LogP contribution in [0.2, 0.25) is 0 Å². The monoisotopic (exact) mass is 304 g/mol. The highest BCUT2D eigenvalue weighted by molar-refractivity contribution is 7.40. The van der Waals surface area contributed by atoms with Crippen molar-refractivity contribution in [3.63, 3.8) is 0 Å². The van der Waals surface area contributed by atoms with Gasteiger partial charge in [0.2, 0.25) is 0 Å². The second kappa shape index (κ2) is 7.33. The summed E-state index contributed by atoms with van der Waals surface area (Å²) in [7, 11) is -2.32. The molecule has 0 N–H and O–H groups in total. The second-order valence-corrected chi connectivity index (χ2v) is 6.87. The molecule has 0 spiro atoms. The molecule has 21 heavy (non-hydrogen) atoms. The van der Waals surface area contributed by atoms with Gasteiger partial charge in [0.1, 0.15) is 11.5 Å². The van der Waals surface area contributed by atoms with E-state index in [1.807, 2.05) is 54.6 Å². The zero-order valence-corrected chi connectivity index (χ0v) is 13.6. The van der Waals surface area contributed by atoms with Crippen LogP contribution in [0.5, 0.6) is 11.5 Å². The first-order chi connectivity index (χ1) is 10.1. The number of rotatable bonds is 6. The van der Waals surface area contributed by atoms with E-state index in [0.29, 0.717) is 17.4 Å². The fourth-order valence-corrected chi connectivity index (χ4v) is 2.64. The lowest BCUT2D eigenvalue weighted by Crippen LogP contribution is -2.08. The fourth-order valence-electron chi connectivity index (χ4n) is 1.87. The van der Waals surface area contributed by atoms with E-state index in [-0.39, 0.29) is 0 Å². The van der Waals surface area contributed by atoms with Gasteiger partial charge in [0.25, 0.3) is 8.03 Å². The highest BCUT2D eigenvalue weighted by Gasteiger charge is 2.14. The van der Waals surface area contributed by atoms with Gasteiger partial charge in [-0.05, 0) is 42.7 Å². The van der Waals surface area contributed by atoms with Crippen molar-refractivity contribution in [3.05, 3.63) is 60.2 Å². The smallest absolute Gasteiger partial charge is 0.275 e. The summed E-state index contributed by atoms with van der Waals surface area (Å²) in [5, 5.41) is 0. The standard InChI is InChI=1S/C17H21O3P/c1-13(2)15-9-11-17(12-10-15)20-21(18)14(3)19-16-7-5-4-6-8-16/h4-14,21H,1-3H3. The van der Waals surface area contributed by atoms with Crippen molar-refractivity contribution in [2.45, 2.75) is 32.5 Å². The van der Waals surface area contributed by atoms with Gasteiger partial charge in [0.15, 0.2) is 5.85 Å². The molecule has 0 fully saturated rings. The number of benzene rings is 2. The number of para-hydroxylation sites is 1. The van der Waals surface area contributed by atoms with Gasteiger partial charge >= 0.3 is 0 Å². The van der Waals surface area contributed by atoms with Gasteiger partial charge in [0, 0.05) is 0 Å². The van der Waals surface area contributed by atoms with Crippen molar-refractivity contribution in [3.8, 4) is 11.5 Å². The van der Waals surface area contributed by atoms with Crippen LogP contribution in [-0.4, -0.2) is 5.85 Å². The molecule has 0 amide bonds. The summed E-state index contributed by atoms with van der Waals surface area (Å²) >= 11 is 0. The SMILES string of the molecule is CC(C)c1ccc(O[PH](=O)C(C)Oc2ccccc2)cc1. The Bertz CT molecular complexity index is 579. The highest BCUT2D eigenvalue weighted by atomic mass is 31.1. The molecular formula is C17H21O3P. The second-order valence-electron chi connectivity index (χ2n) is 5.22. The first kappa shape index (κ1) is 15.7. The van der Waals surface area contributed by atoms with E-state index in [4.69, 9.17) is 9.26 Å². The lowest BCUT2D eigenvalue weighted by molar-refractivity contribution is 0.281. The van der Waals surface area contributed by atoms with E-state index in [0.717, 1.165) is 0 Å². The Kier molecular flexibility index (Phi) is 5.46. The van der Waals surface area contributed by atoms with Crippen LogP contribution in [0.25, 0.3) is 0 Å². The third kappa shape index (κ3) is 4.64. The van der Waals surface area contributed by atoms with Crippen molar-refractivity contribution in [2.75, 3.05) is 0 Å². The molecule has 0 aliphatic heterocycles. The Hall–Kier alpha value is -1.73. The van der Waals surface area contributed by atoms with Crippen LogP contribution in [0.1, 0.15) is 32.3 Å². The molecule has 0 heterocycles. The van der Waals surface area contributed by atoms with E-state index >= 15 is 0 Å². The molecule has 3 nitrogen and oxygen atoms in total. The summed E-state index contributed by atoms with van der Waals surface area (Å²) in [5.41, 5.74) is 1.23. The Morgan fingerprint density at radius 3 is 2.05 bits per heavy atom. The van der Waals surface area contributed by atoms with Crippen molar-refractivity contribution in [1.82, 2.24) is 0 Å². The zero-order valence-electron chi connectivity index (χ0n) is 12.6. The van der Waals surface area contributed by atoms with Gasteiger partial charge in [-0.15, -0.1) is 0 Å². The summed E-state index contributed by atoms with van der Waals surface area (Å²) in [6.07, 6.45) is 0. The molecule has 0 aromatic heterocycles. The summed E-state index contributed by atoms with van der Waals surface area (Å²) < 4.78 is 23.3. The van der Waals surface area contributed by atoms with Crippen LogP contribution < -0.4 is 9.26 Å². The maximum atomic E-state index is 12.2. The molecule has 0 saturated heterocycles. The topological polar surface area (TPSA) is 35.5 Å². The maximum absolute atomic E-state index is 12.2. The largest absolute Gasteiger partial charge is 0.480 e. The molecule has 0 saturated carbocycles. The fraction of sp³-hybridized carbons (Fsp3) is 0.294. The minimum atomic E-state index is -2.32. The minimum absolute atomic E-state index is 0.469. The predicted molar refractivity (Wildman–Crippen MR) is 86.7 cm³/mol. The van der Waals surface area contributed by atoms with Crippen LogP contribution in [0, 0.1) is 0 Å². The van der Waals surface area contributed by atoms with Gasteiger partial charge in [-0.1, -0.05) is 44.2 Å². The highest BCUT2D eigenvalue weighted by Crippen LogP contribution is 2.33. The predicted octanol–water partition coefficient (Wildman–Crippen LogP) is 5.09. The molecule has 2 aromatic carbocycles. The summed E-state index contributed by atoms with van der Waals surface area (Å²) in [4.78, 5) is 0. The third-order valence-corrected chi connectivity index (χ3v) is 4.37. The van der Waals surface area contributed by atoms with Gasteiger partial charge in [-0.3, -0.25) is 4.57 Å². The third-order valence-electron chi connectivity index (χ3n) is 3.15. The molecular weight excluding hydrogens is 283 g/mol. The number of hydrogen-bond acceptors (Lipinski definition) is 3. The van der Waals surface area contributed by atoms with Crippen LogP contribution >= 0.6 is 8.03 Å². The van der Waals surface area contributed by atoms with E-state index in [9.17, 15) is 4.57 Å². The van der Waals surface area contributed by atoms with Crippen LogP contribution in [0.4, 0.5) is 0 Å². The van der Waals surface area contributed by atoms with Gasteiger partial charge in [-0.25, -0.2) is 0 Å². The molecule has 0 aliphatic rings. The molecule has 112 valence electrons. The first-order valence-corrected chi connectivity index (χ1v) is 8.49. The van der Waals surface area contributed by atoms with Crippen molar-refractivity contribution < 1.29 is 13.8 Å². The van der Waals surface area contributed by atoms with Gasteiger partial charge in [-0.2, -0.15) is 0 Å². The summed E-state index contributed by atoms with van der Waals surface area (Å²) in [6, 6.07) is 17.0. The minimum Gasteiger partial charge on any atom is -0.480 e. The number of ether oxygens (including phenoxy) is 1. The summed E-state index contributed by atoms with van der Waals surface area (Å²) in [6.45, 7) is 6.03. The van der Waals surface area contributed by atoms with E-state index in [1.54, 1.807) is 6.92 Å². The Balaban J connectivity index is 1.94. The first-order valence-electron chi connectivity index (χ1n) is 7.09. The van der Waals surface area contributed by atoms with Crippen LogP contribution in [0.15, 0.2) is 54.6 Å². The zero-order chi connectivity index (χ0) is 15.2.